The van der Waals surface area contributed by atoms with Gasteiger partial charge in [-0.3, -0.25) is 5.32 Å². The van der Waals surface area contributed by atoms with Crippen LogP contribution in [0.4, 0.5) is 10.5 Å². The first-order chi connectivity index (χ1) is 12.0. The number of carboxylic acids is 1. The molecule has 3 N–H and O–H groups in total. The molecular formula is C19H19NO5. The number of benzene rings is 2. The molecule has 0 bridgehead atoms. The summed E-state index contributed by atoms with van der Waals surface area (Å²) in [6.07, 6.45) is 1.10. The van der Waals surface area contributed by atoms with Crippen molar-refractivity contribution in [2.75, 3.05) is 5.32 Å². The standard InChI is InChI=1S/C19H19NO5/c1-13(7-12-17(22)23)18(14-8-10-16(21)11-9-14)25-19(24)20-15-5-3-2-4-6-15/h2-13,18,21H,1H3,(H,20,24)(H,22,23)/b12-7+/t13-,18-/m1/s1. The zero-order chi connectivity index (χ0) is 18.2. The summed E-state index contributed by atoms with van der Waals surface area (Å²) in [6.45, 7) is 1.74. The molecule has 2 aromatic carbocycles. The first kappa shape index (κ1) is 18.1. The average molecular weight is 341 g/mol. The Labute approximate surface area is 145 Å². The highest BCUT2D eigenvalue weighted by atomic mass is 16.6. The van der Waals surface area contributed by atoms with Crippen LogP contribution in [-0.4, -0.2) is 22.3 Å². The maximum Gasteiger partial charge on any atom is 0.412 e. The van der Waals surface area contributed by atoms with Gasteiger partial charge in [-0.05, 0) is 29.8 Å². The highest BCUT2D eigenvalue weighted by molar-refractivity contribution is 5.84. The van der Waals surface area contributed by atoms with Crippen LogP contribution in [0.2, 0.25) is 0 Å². The van der Waals surface area contributed by atoms with E-state index in [0.717, 1.165) is 6.08 Å². The van der Waals surface area contributed by atoms with Crippen molar-refractivity contribution < 1.29 is 24.5 Å². The number of aliphatic carboxylic acids is 1. The normalized spacial score (nSPS) is 13.2. The van der Waals surface area contributed by atoms with Crippen molar-refractivity contribution in [3.63, 3.8) is 0 Å². The highest BCUT2D eigenvalue weighted by Gasteiger charge is 2.22. The van der Waals surface area contributed by atoms with Crippen LogP contribution in [0.5, 0.6) is 5.75 Å². The number of aromatic hydroxyl groups is 1. The Balaban J connectivity index is 2.17. The van der Waals surface area contributed by atoms with Crippen LogP contribution in [-0.2, 0) is 9.53 Å². The molecule has 0 aliphatic carbocycles. The summed E-state index contributed by atoms with van der Waals surface area (Å²) in [5, 5.41) is 20.8. The molecule has 0 saturated heterocycles. The van der Waals surface area contributed by atoms with E-state index in [1.165, 1.54) is 18.2 Å². The minimum absolute atomic E-state index is 0.0879. The zero-order valence-corrected chi connectivity index (χ0v) is 13.6. The number of amides is 1. The van der Waals surface area contributed by atoms with Gasteiger partial charge >= 0.3 is 12.1 Å². The molecule has 6 nitrogen and oxygen atoms in total. The first-order valence-electron chi connectivity index (χ1n) is 7.68. The number of rotatable bonds is 6. The number of carboxylic acid groups (broad SMARTS) is 1. The van der Waals surface area contributed by atoms with Crippen molar-refractivity contribution in [2.24, 2.45) is 5.92 Å². The number of para-hydroxylation sites is 1. The van der Waals surface area contributed by atoms with Gasteiger partial charge < -0.3 is 14.9 Å². The summed E-state index contributed by atoms with van der Waals surface area (Å²) in [6, 6.07) is 15.1. The second-order valence-corrected chi connectivity index (χ2v) is 5.46. The van der Waals surface area contributed by atoms with E-state index in [9.17, 15) is 14.7 Å². The smallest absolute Gasteiger partial charge is 0.412 e. The Morgan fingerprint density at radius 3 is 2.32 bits per heavy atom. The Morgan fingerprint density at radius 2 is 1.72 bits per heavy atom. The van der Waals surface area contributed by atoms with Crippen LogP contribution in [0.3, 0.4) is 0 Å². The first-order valence-corrected chi connectivity index (χ1v) is 7.68. The van der Waals surface area contributed by atoms with Gasteiger partial charge in [0.1, 0.15) is 11.9 Å². The molecule has 0 spiro atoms. The topological polar surface area (TPSA) is 95.9 Å². The molecule has 2 aromatic rings. The summed E-state index contributed by atoms with van der Waals surface area (Å²) in [7, 11) is 0. The molecule has 2 rings (SSSR count). The molecular weight excluding hydrogens is 322 g/mol. The number of phenolic OH excluding ortho intramolecular Hbond substituents is 1. The number of hydrogen-bond acceptors (Lipinski definition) is 4. The number of carbonyl (C=O) groups excluding carboxylic acids is 1. The second kappa shape index (κ2) is 8.54. The van der Waals surface area contributed by atoms with Crippen LogP contribution in [0, 0.1) is 5.92 Å². The SMILES string of the molecule is C[C@H](/C=C/C(=O)O)[C@@H](OC(=O)Nc1ccccc1)c1ccc(O)cc1. The second-order valence-electron chi connectivity index (χ2n) is 5.46. The molecule has 0 saturated carbocycles. The van der Waals surface area contributed by atoms with Gasteiger partial charge in [-0.25, -0.2) is 9.59 Å². The van der Waals surface area contributed by atoms with E-state index in [0.29, 0.717) is 11.3 Å². The summed E-state index contributed by atoms with van der Waals surface area (Å²) < 4.78 is 5.50. The summed E-state index contributed by atoms with van der Waals surface area (Å²) in [5.74, 6) is -1.38. The molecule has 0 aromatic heterocycles. The molecule has 0 heterocycles. The lowest BCUT2D eigenvalue weighted by Gasteiger charge is -2.22. The van der Waals surface area contributed by atoms with E-state index in [1.54, 1.807) is 43.3 Å². The van der Waals surface area contributed by atoms with E-state index in [-0.39, 0.29) is 11.7 Å². The average Bonchev–Trinajstić information content (AvgIpc) is 2.59. The van der Waals surface area contributed by atoms with Gasteiger partial charge in [0.25, 0.3) is 0 Å². The molecule has 0 aliphatic heterocycles. The molecule has 0 radical (unpaired) electrons. The summed E-state index contributed by atoms with van der Waals surface area (Å²) in [4.78, 5) is 22.9. The van der Waals surface area contributed by atoms with Gasteiger partial charge in [-0.15, -0.1) is 0 Å². The largest absolute Gasteiger partial charge is 0.508 e. The highest BCUT2D eigenvalue weighted by Crippen LogP contribution is 2.29. The van der Waals surface area contributed by atoms with Crippen LogP contribution >= 0.6 is 0 Å². The Morgan fingerprint density at radius 1 is 1.08 bits per heavy atom. The third kappa shape index (κ3) is 5.69. The van der Waals surface area contributed by atoms with Crippen LogP contribution in [0.15, 0.2) is 66.7 Å². The maximum absolute atomic E-state index is 12.2. The van der Waals surface area contributed by atoms with Crippen molar-refractivity contribution >= 4 is 17.7 Å². The van der Waals surface area contributed by atoms with Crippen molar-refractivity contribution in [3.8, 4) is 5.75 Å². The Bertz CT molecular complexity index is 740. The fraction of sp³-hybridized carbons (Fsp3) is 0.158. The number of carbonyl (C=O) groups is 2. The minimum Gasteiger partial charge on any atom is -0.508 e. The molecule has 25 heavy (non-hydrogen) atoms. The number of ether oxygens (including phenoxy) is 1. The van der Waals surface area contributed by atoms with E-state index < -0.39 is 18.2 Å². The molecule has 1 amide bonds. The number of phenols is 1. The van der Waals surface area contributed by atoms with Gasteiger partial charge in [0.15, 0.2) is 0 Å². The van der Waals surface area contributed by atoms with Crippen LogP contribution in [0.1, 0.15) is 18.6 Å². The van der Waals surface area contributed by atoms with Crippen molar-refractivity contribution in [1.82, 2.24) is 0 Å². The number of anilines is 1. The predicted octanol–water partition coefficient (Wildman–Crippen LogP) is 3.96. The fourth-order valence-electron chi connectivity index (χ4n) is 2.26. The van der Waals surface area contributed by atoms with Crippen LogP contribution in [0.25, 0.3) is 0 Å². The van der Waals surface area contributed by atoms with E-state index in [4.69, 9.17) is 9.84 Å². The summed E-state index contributed by atoms with van der Waals surface area (Å²) in [5.41, 5.74) is 1.23. The maximum atomic E-state index is 12.2. The Kier molecular flexibility index (Phi) is 6.17. The molecule has 0 unspecified atom stereocenters. The monoisotopic (exact) mass is 341 g/mol. The van der Waals surface area contributed by atoms with Gasteiger partial charge in [0.2, 0.25) is 0 Å². The lowest BCUT2D eigenvalue weighted by molar-refractivity contribution is -0.131. The molecule has 0 fully saturated rings. The zero-order valence-electron chi connectivity index (χ0n) is 13.6. The van der Waals surface area contributed by atoms with Crippen molar-refractivity contribution in [1.29, 1.82) is 0 Å². The third-order valence-corrected chi connectivity index (χ3v) is 3.50. The van der Waals surface area contributed by atoms with E-state index in [2.05, 4.69) is 5.32 Å². The van der Waals surface area contributed by atoms with Gasteiger partial charge in [-0.1, -0.05) is 43.3 Å². The third-order valence-electron chi connectivity index (χ3n) is 3.50. The minimum atomic E-state index is -1.08. The molecule has 0 aliphatic rings. The lowest BCUT2D eigenvalue weighted by atomic mass is 9.96. The number of hydrogen-bond donors (Lipinski definition) is 3. The quantitative estimate of drug-likeness (QED) is 0.691. The van der Waals surface area contributed by atoms with Crippen molar-refractivity contribution in [2.45, 2.75) is 13.0 Å². The summed E-state index contributed by atoms with van der Waals surface area (Å²) >= 11 is 0. The molecule has 6 heteroatoms. The van der Waals surface area contributed by atoms with Gasteiger partial charge in [-0.2, -0.15) is 0 Å². The van der Waals surface area contributed by atoms with Gasteiger partial charge in [0, 0.05) is 17.7 Å². The Hall–Kier alpha value is -3.28. The van der Waals surface area contributed by atoms with E-state index >= 15 is 0 Å². The molecule has 2 atom stereocenters. The predicted molar refractivity (Wildman–Crippen MR) is 93.3 cm³/mol. The van der Waals surface area contributed by atoms with Crippen molar-refractivity contribution in [3.05, 3.63) is 72.3 Å². The van der Waals surface area contributed by atoms with Gasteiger partial charge in [0.05, 0.1) is 0 Å². The van der Waals surface area contributed by atoms with Crippen LogP contribution < -0.4 is 5.32 Å². The van der Waals surface area contributed by atoms with E-state index in [1.807, 2.05) is 6.07 Å². The molecule has 130 valence electrons. The fourth-order valence-corrected chi connectivity index (χ4v) is 2.26. The lowest BCUT2D eigenvalue weighted by Crippen LogP contribution is -2.21. The number of nitrogens with one attached hydrogen (secondary N) is 1.